The SMILES string of the molecule is O=C(NCc1sccc1Br)N[C@@H](CCO)C(=O)O. The molecular weight excluding hydrogens is 324 g/mol. The minimum absolute atomic E-state index is 0.0224. The van der Waals surface area contributed by atoms with Crippen LogP contribution < -0.4 is 10.6 Å². The van der Waals surface area contributed by atoms with Crippen molar-refractivity contribution in [3.63, 3.8) is 0 Å². The molecule has 1 rings (SSSR count). The number of nitrogens with one attached hydrogen (secondary N) is 2. The molecule has 0 aliphatic rings. The molecule has 0 aromatic carbocycles. The predicted octanol–water partition coefficient (Wildman–Crippen LogP) is 1.15. The molecule has 0 bridgehead atoms. The summed E-state index contributed by atoms with van der Waals surface area (Å²) in [5, 5.41) is 24.2. The molecule has 100 valence electrons. The molecule has 0 saturated heterocycles. The van der Waals surface area contributed by atoms with Crippen molar-refractivity contribution >= 4 is 39.3 Å². The Hall–Kier alpha value is -1.12. The number of thiophene rings is 1. The summed E-state index contributed by atoms with van der Waals surface area (Å²) < 4.78 is 0.901. The number of halogens is 1. The first-order valence-corrected chi connectivity index (χ1v) is 6.81. The van der Waals surface area contributed by atoms with Crippen molar-refractivity contribution in [3.05, 3.63) is 20.8 Å². The van der Waals surface area contributed by atoms with Gasteiger partial charge in [-0.15, -0.1) is 11.3 Å². The van der Waals surface area contributed by atoms with Crippen molar-refractivity contribution < 1.29 is 19.8 Å². The summed E-state index contributed by atoms with van der Waals surface area (Å²) in [4.78, 5) is 23.2. The van der Waals surface area contributed by atoms with Crippen molar-refractivity contribution in [1.29, 1.82) is 0 Å². The quantitative estimate of drug-likeness (QED) is 0.626. The molecule has 1 heterocycles. The zero-order chi connectivity index (χ0) is 13.5. The Morgan fingerprint density at radius 1 is 1.50 bits per heavy atom. The smallest absolute Gasteiger partial charge is 0.326 e. The van der Waals surface area contributed by atoms with Crippen molar-refractivity contribution in [3.8, 4) is 0 Å². The molecule has 0 spiro atoms. The zero-order valence-corrected chi connectivity index (χ0v) is 11.8. The van der Waals surface area contributed by atoms with Gasteiger partial charge in [0, 0.05) is 22.4 Å². The lowest BCUT2D eigenvalue weighted by atomic mass is 10.2. The van der Waals surface area contributed by atoms with Crippen LogP contribution >= 0.6 is 27.3 Å². The highest BCUT2D eigenvalue weighted by molar-refractivity contribution is 9.10. The molecule has 6 nitrogen and oxygen atoms in total. The minimum Gasteiger partial charge on any atom is -0.480 e. The summed E-state index contributed by atoms with van der Waals surface area (Å²) in [7, 11) is 0. The van der Waals surface area contributed by atoms with Crippen LogP contribution in [0.1, 0.15) is 11.3 Å². The number of carbonyl (C=O) groups is 2. The third-order valence-electron chi connectivity index (χ3n) is 2.12. The highest BCUT2D eigenvalue weighted by Crippen LogP contribution is 2.21. The molecule has 1 atom stereocenters. The van der Waals surface area contributed by atoms with Crippen LogP contribution in [-0.2, 0) is 11.3 Å². The van der Waals surface area contributed by atoms with Crippen LogP contribution in [0.25, 0.3) is 0 Å². The fourth-order valence-electron chi connectivity index (χ4n) is 1.21. The molecule has 0 radical (unpaired) electrons. The molecule has 4 N–H and O–H groups in total. The van der Waals surface area contributed by atoms with Crippen molar-refractivity contribution in [1.82, 2.24) is 10.6 Å². The molecule has 2 amide bonds. The van der Waals surface area contributed by atoms with Crippen LogP contribution in [0, 0.1) is 0 Å². The van der Waals surface area contributed by atoms with Crippen LogP contribution in [0.5, 0.6) is 0 Å². The summed E-state index contributed by atoms with van der Waals surface area (Å²) in [6.45, 7) is 0.0171. The highest BCUT2D eigenvalue weighted by Gasteiger charge is 2.18. The Bertz CT molecular complexity index is 424. The molecule has 18 heavy (non-hydrogen) atoms. The molecule has 0 aliphatic carbocycles. The molecular formula is C10H13BrN2O4S. The molecule has 1 aromatic rings. The first kappa shape index (κ1) is 14.9. The van der Waals surface area contributed by atoms with E-state index in [1.54, 1.807) is 0 Å². The normalized spacial score (nSPS) is 11.9. The third kappa shape index (κ3) is 4.63. The van der Waals surface area contributed by atoms with E-state index in [-0.39, 0.29) is 13.0 Å². The number of hydrogen-bond acceptors (Lipinski definition) is 4. The van der Waals surface area contributed by atoms with E-state index in [9.17, 15) is 9.59 Å². The number of rotatable bonds is 6. The number of carbonyl (C=O) groups excluding carboxylic acids is 1. The largest absolute Gasteiger partial charge is 0.480 e. The van der Waals surface area contributed by atoms with E-state index < -0.39 is 18.0 Å². The van der Waals surface area contributed by atoms with E-state index in [0.717, 1.165) is 9.35 Å². The van der Waals surface area contributed by atoms with Gasteiger partial charge >= 0.3 is 12.0 Å². The average molecular weight is 337 g/mol. The van der Waals surface area contributed by atoms with E-state index in [4.69, 9.17) is 10.2 Å². The van der Waals surface area contributed by atoms with Gasteiger partial charge in [0.05, 0.1) is 6.54 Å². The van der Waals surface area contributed by atoms with Crippen LogP contribution in [0.3, 0.4) is 0 Å². The number of aliphatic hydroxyl groups excluding tert-OH is 1. The van der Waals surface area contributed by atoms with Gasteiger partial charge in [0.2, 0.25) is 0 Å². The first-order chi connectivity index (χ1) is 8.54. The van der Waals surface area contributed by atoms with Crippen molar-refractivity contribution in [2.45, 2.75) is 19.0 Å². The Balaban J connectivity index is 2.41. The summed E-state index contributed by atoms with van der Waals surface area (Å²) in [6, 6.07) is 0.212. The predicted molar refractivity (Wildman–Crippen MR) is 70.5 cm³/mol. The van der Waals surface area contributed by atoms with Gasteiger partial charge in [0.25, 0.3) is 0 Å². The van der Waals surface area contributed by atoms with Crippen LogP contribution in [-0.4, -0.2) is 34.9 Å². The molecule has 0 unspecified atom stereocenters. The maximum atomic E-state index is 11.5. The lowest BCUT2D eigenvalue weighted by molar-refractivity contribution is -0.139. The van der Waals surface area contributed by atoms with Gasteiger partial charge in [-0.1, -0.05) is 0 Å². The van der Waals surface area contributed by atoms with Gasteiger partial charge in [-0.05, 0) is 27.4 Å². The second-order valence-electron chi connectivity index (χ2n) is 3.42. The Labute approximate surface area is 116 Å². The lowest BCUT2D eigenvalue weighted by Crippen LogP contribution is -2.46. The van der Waals surface area contributed by atoms with E-state index in [1.165, 1.54) is 11.3 Å². The number of carboxylic acids is 1. The monoisotopic (exact) mass is 336 g/mol. The number of amides is 2. The second kappa shape index (κ2) is 7.34. The van der Waals surface area contributed by atoms with Crippen molar-refractivity contribution in [2.75, 3.05) is 6.61 Å². The molecule has 0 fully saturated rings. The maximum Gasteiger partial charge on any atom is 0.326 e. The number of urea groups is 1. The van der Waals surface area contributed by atoms with E-state index in [0.29, 0.717) is 6.54 Å². The fraction of sp³-hybridized carbons (Fsp3) is 0.400. The highest BCUT2D eigenvalue weighted by atomic mass is 79.9. The van der Waals surface area contributed by atoms with Crippen LogP contribution in [0.15, 0.2) is 15.9 Å². The van der Waals surface area contributed by atoms with Crippen molar-refractivity contribution in [2.24, 2.45) is 0 Å². The number of aliphatic hydroxyl groups is 1. The number of hydrogen-bond donors (Lipinski definition) is 4. The van der Waals surface area contributed by atoms with Gasteiger partial charge in [-0.2, -0.15) is 0 Å². The van der Waals surface area contributed by atoms with Gasteiger partial charge in [-0.25, -0.2) is 9.59 Å². The number of carboxylic acid groups (broad SMARTS) is 1. The number of aliphatic carboxylic acids is 1. The fourth-order valence-corrected chi connectivity index (χ4v) is 2.64. The topological polar surface area (TPSA) is 98.7 Å². The second-order valence-corrected chi connectivity index (χ2v) is 5.28. The van der Waals surface area contributed by atoms with Gasteiger partial charge < -0.3 is 20.8 Å². The molecule has 0 saturated carbocycles. The Morgan fingerprint density at radius 3 is 2.72 bits per heavy atom. The average Bonchev–Trinajstić information content (AvgIpc) is 2.71. The van der Waals surface area contributed by atoms with Crippen LogP contribution in [0.4, 0.5) is 4.79 Å². The third-order valence-corrected chi connectivity index (χ3v) is 4.05. The first-order valence-electron chi connectivity index (χ1n) is 5.14. The zero-order valence-electron chi connectivity index (χ0n) is 9.35. The lowest BCUT2D eigenvalue weighted by Gasteiger charge is -2.13. The Morgan fingerprint density at radius 2 is 2.22 bits per heavy atom. The summed E-state index contributed by atoms with van der Waals surface area (Å²) in [5.74, 6) is -1.17. The standard InChI is InChI=1S/C10H13BrN2O4S/c11-6-2-4-18-8(6)5-12-10(17)13-7(1-3-14)9(15)16/h2,4,7,14H,1,3,5H2,(H,15,16)(H2,12,13,17)/t7-/m0/s1. The summed E-state index contributed by atoms with van der Waals surface area (Å²) >= 11 is 4.81. The van der Waals surface area contributed by atoms with Gasteiger partial charge in [0.1, 0.15) is 6.04 Å². The summed E-state index contributed by atoms with van der Waals surface area (Å²) in [6.07, 6.45) is -0.0224. The van der Waals surface area contributed by atoms with E-state index in [1.807, 2.05) is 11.4 Å². The summed E-state index contributed by atoms with van der Waals surface area (Å²) in [5.41, 5.74) is 0. The van der Waals surface area contributed by atoms with Crippen LogP contribution in [0.2, 0.25) is 0 Å². The molecule has 0 aliphatic heterocycles. The van der Waals surface area contributed by atoms with E-state index >= 15 is 0 Å². The Kier molecular flexibility index (Phi) is 6.10. The van der Waals surface area contributed by atoms with Gasteiger partial charge in [-0.3, -0.25) is 0 Å². The van der Waals surface area contributed by atoms with E-state index in [2.05, 4.69) is 26.6 Å². The minimum atomic E-state index is -1.17. The van der Waals surface area contributed by atoms with Gasteiger partial charge in [0.15, 0.2) is 0 Å². The maximum absolute atomic E-state index is 11.5. The molecule has 8 heteroatoms. The molecule has 1 aromatic heterocycles.